The zero-order valence-electron chi connectivity index (χ0n) is 13.0. The van der Waals surface area contributed by atoms with Crippen LogP contribution in [0.5, 0.6) is 17.2 Å². The number of rotatable bonds is 7. The lowest BCUT2D eigenvalue weighted by Gasteiger charge is -2.17. The largest absolute Gasteiger partial charge is 0.488 e. The van der Waals surface area contributed by atoms with Gasteiger partial charge in [0.05, 0.1) is 0 Å². The molecular weight excluding hydrogens is 281 g/mol. The average Bonchev–Trinajstić information content (AvgIpc) is 2.48. The van der Waals surface area contributed by atoms with Crippen molar-refractivity contribution in [3.63, 3.8) is 0 Å². The van der Waals surface area contributed by atoms with Gasteiger partial charge in [-0.25, -0.2) is 4.39 Å². The average molecular weight is 303 g/mol. The Labute approximate surface area is 130 Å². The maximum atomic E-state index is 14.0. The van der Waals surface area contributed by atoms with E-state index in [4.69, 9.17) is 15.2 Å². The van der Waals surface area contributed by atoms with Gasteiger partial charge < -0.3 is 15.2 Å². The summed E-state index contributed by atoms with van der Waals surface area (Å²) in [5, 5.41) is 0. The maximum Gasteiger partial charge on any atom is 0.204 e. The van der Waals surface area contributed by atoms with Gasteiger partial charge in [0, 0.05) is 6.04 Å². The molecule has 118 valence electrons. The van der Waals surface area contributed by atoms with Gasteiger partial charge in [-0.3, -0.25) is 0 Å². The van der Waals surface area contributed by atoms with E-state index in [2.05, 4.69) is 13.8 Å². The van der Waals surface area contributed by atoms with Gasteiger partial charge in [-0.15, -0.1) is 0 Å². The maximum absolute atomic E-state index is 14.0. The van der Waals surface area contributed by atoms with Crippen molar-refractivity contribution < 1.29 is 13.9 Å². The Hall–Kier alpha value is -2.07. The van der Waals surface area contributed by atoms with E-state index < -0.39 is 5.82 Å². The van der Waals surface area contributed by atoms with Gasteiger partial charge in [0.25, 0.3) is 0 Å². The van der Waals surface area contributed by atoms with Crippen molar-refractivity contribution in [1.29, 1.82) is 0 Å². The summed E-state index contributed by atoms with van der Waals surface area (Å²) in [5.41, 5.74) is 6.00. The van der Waals surface area contributed by atoms with Crippen LogP contribution in [0.4, 0.5) is 4.39 Å². The number of halogens is 1. The molecule has 0 saturated carbocycles. The lowest BCUT2D eigenvalue weighted by atomic mass is 10.1. The first-order valence-electron chi connectivity index (χ1n) is 7.46. The molecule has 1 atom stereocenters. The molecule has 0 fully saturated rings. The molecule has 0 aliphatic heterocycles. The second-order valence-corrected chi connectivity index (χ2v) is 5.68. The summed E-state index contributed by atoms with van der Waals surface area (Å²) in [6.45, 7) is 4.53. The Bertz CT molecular complexity index is 587. The van der Waals surface area contributed by atoms with Crippen LogP contribution in [0.2, 0.25) is 0 Å². The first-order valence-corrected chi connectivity index (χ1v) is 7.46. The van der Waals surface area contributed by atoms with E-state index >= 15 is 0 Å². The van der Waals surface area contributed by atoms with Gasteiger partial charge >= 0.3 is 0 Å². The van der Waals surface area contributed by atoms with Crippen LogP contribution in [0, 0.1) is 11.7 Å². The summed E-state index contributed by atoms with van der Waals surface area (Å²) in [6, 6.07) is 13.6. The molecule has 4 heteroatoms. The monoisotopic (exact) mass is 303 g/mol. The summed E-state index contributed by atoms with van der Waals surface area (Å²) in [7, 11) is 0. The topological polar surface area (TPSA) is 44.5 Å². The number of hydrogen-bond acceptors (Lipinski definition) is 3. The van der Waals surface area contributed by atoms with E-state index in [1.807, 2.05) is 18.2 Å². The molecule has 0 aromatic heterocycles. The van der Waals surface area contributed by atoms with Gasteiger partial charge in [-0.2, -0.15) is 0 Å². The Kier molecular flexibility index (Phi) is 5.78. The molecule has 0 bridgehead atoms. The first kappa shape index (κ1) is 16.3. The Morgan fingerprint density at radius 3 is 2.45 bits per heavy atom. The van der Waals surface area contributed by atoms with E-state index in [1.165, 1.54) is 6.07 Å². The van der Waals surface area contributed by atoms with Crippen LogP contribution in [0.15, 0.2) is 48.5 Å². The number of para-hydroxylation sites is 2. The summed E-state index contributed by atoms with van der Waals surface area (Å²) in [5.74, 6) is 1.04. The molecule has 2 aromatic carbocycles. The molecule has 22 heavy (non-hydrogen) atoms. The SMILES string of the molecule is CC(C)C[C@@H](N)COc1cccc(F)c1Oc1ccccc1. The molecule has 0 spiro atoms. The molecule has 0 aliphatic rings. The van der Waals surface area contributed by atoms with Crippen molar-refractivity contribution >= 4 is 0 Å². The second-order valence-electron chi connectivity index (χ2n) is 5.68. The fraction of sp³-hybridized carbons (Fsp3) is 0.333. The van der Waals surface area contributed by atoms with Crippen molar-refractivity contribution in [2.24, 2.45) is 11.7 Å². The molecule has 0 aliphatic carbocycles. The second kappa shape index (κ2) is 7.80. The van der Waals surface area contributed by atoms with Crippen LogP contribution in [-0.4, -0.2) is 12.6 Å². The highest BCUT2D eigenvalue weighted by molar-refractivity contribution is 5.43. The molecule has 0 heterocycles. The predicted octanol–water partition coefficient (Wildman–Crippen LogP) is 4.37. The third-order valence-electron chi connectivity index (χ3n) is 3.12. The fourth-order valence-electron chi connectivity index (χ4n) is 2.18. The molecule has 2 rings (SSSR count). The molecule has 0 saturated heterocycles. The Balaban J connectivity index is 2.09. The van der Waals surface area contributed by atoms with Crippen molar-refractivity contribution in [2.75, 3.05) is 6.61 Å². The van der Waals surface area contributed by atoms with E-state index in [9.17, 15) is 4.39 Å². The molecule has 3 nitrogen and oxygen atoms in total. The quantitative estimate of drug-likeness (QED) is 0.826. The Morgan fingerprint density at radius 1 is 1.05 bits per heavy atom. The van der Waals surface area contributed by atoms with Crippen molar-refractivity contribution in [3.05, 3.63) is 54.3 Å². The first-order chi connectivity index (χ1) is 10.6. The number of nitrogens with two attached hydrogens (primary N) is 1. The summed E-state index contributed by atoms with van der Waals surface area (Å²) >= 11 is 0. The van der Waals surface area contributed by atoms with E-state index in [1.54, 1.807) is 24.3 Å². The van der Waals surface area contributed by atoms with Crippen molar-refractivity contribution in [2.45, 2.75) is 26.3 Å². The zero-order valence-corrected chi connectivity index (χ0v) is 13.0. The van der Waals surface area contributed by atoms with Crippen LogP contribution >= 0.6 is 0 Å². The highest BCUT2D eigenvalue weighted by Gasteiger charge is 2.14. The van der Waals surface area contributed by atoms with Crippen molar-refractivity contribution in [1.82, 2.24) is 0 Å². The minimum absolute atomic E-state index is 0.0884. The third kappa shape index (κ3) is 4.74. The smallest absolute Gasteiger partial charge is 0.204 e. The Morgan fingerprint density at radius 2 is 1.77 bits per heavy atom. The van der Waals surface area contributed by atoms with Gasteiger partial charge in [0.2, 0.25) is 5.75 Å². The summed E-state index contributed by atoms with van der Waals surface area (Å²) in [6.07, 6.45) is 0.851. The van der Waals surface area contributed by atoms with Crippen LogP contribution in [-0.2, 0) is 0 Å². The van der Waals surface area contributed by atoms with Crippen LogP contribution < -0.4 is 15.2 Å². The molecule has 2 aromatic rings. The number of hydrogen-bond donors (Lipinski definition) is 1. The van der Waals surface area contributed by atoms with Crippen LogP contribution in [0.1, 0.15) is 20.3 Å². The number of benzene rings is 2. The molecular formula is C18H22FNO2. The van der Waals surface area contributed by atoms with Gasteiger partial charge in [0.1, 0.15) is 12.4 Å². The minimum atomic E-state index is -0.459. The molecule has 0 radical (unpaired) electrons. The zero-order chi connectivity index (χ0) is 15.9. The lowest BCUT2D eigenvalue weighted by Crippen LogP contribution is -2.29. The van der Waals surface area contributed by atoms with Gasteiger partial charge in [0.15, 0.2) is 11.6 Å². The van der Waals surface area contributed by atoms with Crippen LogP contribution in [0.25, 0.3) is 0 Å². The molecule has 0 unspecified atom stereocenters. The van der Waals surface area contributed by atoms with Gasteiger partial charge in [-0.1, -0.05) is 38.1 Å². The van der Waals surface area contributed by atoms with E-state index in [-0.39, 0.29) is 11.8 Å². The van der Waals surface area contributed by atoms with Crippen molar-refractivity contribution in [3.8, 4) is 17.2 Å². The normalized spacial score (nSPS) is 12.2. The number of ether oxygens (including phenoxy) is 2. The standard InChI is InChI=1S/C18H22FNO2/c1-13(2)11-14(20)12-21-17-10-6-9-16(19)18(17)22-15-7-4-3-5-8-15/h3-10,13-14H,11-12,20H2,1-2H3/t14-/m1/s1. The predicted molar refractivity (Wildman–Crippen MR) is 85.8 cm³/mol. The summed E-state index contributed by atoms with van der Waals surface area (Å²) < 4.78 is 25.3. The fourth-order valence-corrected chi connectivity index (χ4v) is 2.18. The van der Waals surface area contributed by atoms with E-state index in [0.717, 1.165) is 6.42 Å². The summed E-state index contributed by atoms with van der Waals surface area (Å²) in [4.78, 5) is 0. The molecule has 2 N–H and O–H groups in total. The van der Waals surface area contributed by atoms with Gasteiger partial charge in [-0.05, 0) is 36.6 Å². The third-order valence-corrected chi connectivity index (χ3v) is 3.12. The van der Waals surface area contributed by atoms with E-state index in [0.29, 0.717) is 24.0 Å². The highest BCUT2D eigenvalue weighted by Crippen LogP contribution is 2.34. The molecule has 0 amide bonds. The lowest BCUT2D eigenvalue weighted by molar-refractivity contribution is 0.259. The highest BCUT2D eigenvalue weighted by atomic mass is 19.1. The minimum Gasteiger partial charge on any atom is -0.488 e. The van der Waals surface area contributed by atoms with Crippen LogP contribution in [0.3, 0.4) is 0 Å².